The predicted octanol–water partition coefficient (Wildman–Crippen LogP) is 3.72. The molecular weight excluding hydrogens is 340 g/mol. The Morgan fingerprint density at radius 3 is 2.67 bits per heavy atom. The summed E-state index contributed by atoms with van der Waals surface area (Å²) in [6.45, 7) is 8.54. The van der Waals surface area contributed by atoms with Crippen LogP contribution >= 0.6 is 0 Å². The van der Waals surface area contributed by atoms with Crippen molar-refractivity contribution in [2.45, 2.75) is 39.7 Å². The number of aryl methyl sites for hydroxylation is 1. The van der Waals surface area contributed by atoms with Crippen molar-refractivity contribution < 1.29 is 14.3 Å². The number of ether oxygens (including phenoxy) is 1. The molecule has 0 aliphatic carbocycles. The number of amides is 2. The summed E-state index contributed by atoms with van der Waals surface area (Å²) < 4.78 is 6.04. The van der Waals surface area contributed by atoms with Crippen LogP contribution in [0.25, 0.3) is 0 Å². The predicted molar refractivity (Wildman–Crippen MR) is 106 cm³/mol. The highest BCUT2D eigenvalue weighted by molar-refractivity contribution is 6.06. The Labute approximate surface area is 160 Å². The fourth-order valence-electron chi connectivity index (χ4n) is 3.45. The Balaban J connectivity index is 1.74. The molecule has 0 aromatic heterocycles. The number of hydrogen-bond acceptors (Lipinski definition) is 3. The van der Waals surface area contributed by atoms with Gasteiger partial charge in [0.1, 0.15) is 18.4 Å². The zero-order valence-electron chi connectivity index (χ0n) is 16.3. The molecule has 1 N–H and O–H groups in total. The Bertz CT molecular complexity index is 860. The minimum Gasteiger partial charge on any atom is -0.491 e. The van der Waals surface area contributed by atoms with E-state index in [1.807, 2.05) is 37.3 Å². The molecule has 2 aromatic rings. The number of nitrogens with zero attached hydrogens (tertiary/aromatic N) is 1. The van der Waals surface area contributed by atoms with Crippen molar-refractivity contribution in [3.63, 3.8) is 0 Å². The highest BCUT2D eigenvalue weighted by Crippen LogP contribution is 2.35. The summed E-state index contributed by atoms with van der Waals surface area (Å²) >= 11 is 0. The van der Waals surface area contributed by atoms with Crippen molar-refractivity contribution in [1.29, 1.82) is 0 Å². The lowest BCUT2D eigenvalue weighted by Gasteiger charge is -2.20. The van der Waals surface area contributed by atoms with Gasteiger partial charge in [0, 0.05) is 18.2 Å². The lowest BCUT2D eigenvalue weighted by Crippen LogP contribution is -2.38. The van der Waals surface area contributed by atoms with Crippen LogP contribution in [0.4, 0.5) is 5.69 Å². The van der Waals surface area contributed by atoms with E-state index in [-0.39, 0.29) is 11.8 Å². The smallest absolute Gasteiger partial charge is 0.254 e. The third-order valence-electron chi connectivity index (χ3n) is 4.76. The molecule has 0 saturated heterocycles. The number of hydrogen-bond donors (Lipinski definition) is 1. The molecule has 3 rings (SSSR count). The third-order valence-corrected chi connectivity index (χ3v) is 4.76. The number of benzene rings is 2. The van der Waals surface area contributed by atoms with E-state index in [1.165, 1.54) is 6.92 Å². The van der Waals surface area contributed by atoms with Gasteiger partial charge in [-0.1, -0.05) is 44.2 Å². The molecule has 0 spiro atoms. The quantitative estimate of drug-likeness (QED) is 0.848. The highest BCUT2D eigenvalue weighted by Gasteiger charge is 2.37. The summed E-state index contributed by atoms with van der Waals surface area (Å²) in [5.74, 6) is 0.883. The normalized spacial score (nSPS) is 15.8. The topological polar surface area (TPSA) is 58.6 Å². The van der Waals surface area contributed by atoms with E-state index in [0.717, 1.165) is 28.1 Å². The van der Waals surface area contributed by atoms with E-state index >= 15 is 0 Å². The van der Waals surface area contributed by atoms with Crippen LogP contribution < -0.4 is 15.0 Å². The first kappa shape index (κ1) is 19.0. The summed E-state index contributed by atoms with van der Waals surface area (Å²) in [4.78, 5) is 26.0. The van der Waals surface area contributed by atoms with Crippen molar-refractivity contribution in [1.82, 2.24) is 5.32 Å². The Morgan fingerprint density at radius 2 is 1.96 bits per heavy atom. The summed E-state index contributed by atoms with van der Waals surface area (Å²) in [5, 5.41) is 2.75. The molecule has 2 aromatic carbocycles. The molecule has 1 unspecified atom stereocenters. The van der Waals surface area contributed by atoms with Gasteiger partial charge in [-0.3, -0.25) is 9.59 Å². The van der Waals surface area contributed by atoms with Crippen molar-refractivity contribution >= 4 is 17.5 Å². The molecule has 2 amide bonds. The summed E-state index contributed by atoms with van der Waals surface area (Å²) in [6.07, 6.45) is 0. The van der Waals surface area contributed by atoms with Gasteiger partial charge < -0.3 is 15.0 Å². The van der Waals surface area contributed by atoms with E-state index in [9.17, 15) is 9.59 Å². The van der Waals surface area contributed by atoms with E-state index in [2.05, 4.69) is 31.3 Å². The van der Waals surface area contributed by atoms with Crippen LogP contribution in [-0.2, 0) is 9.59 Å². The van der Waals surface area contributed by atoms with Crippen molar-refractivity contribution in [2.75, 3.05) is 18.1 Å². The molecule has 0 bridgehead atoms. The molecule has 1 heterocycles. The third kappa shape index (κ3) is 3.97. The van der Waals surface area contributed by atoms with Gasteiger partial charge in [-0.25, -0.2) is 0 Å². The highest BCUT2D eigenvalue weighted by atomic mass is 16.5. The van der Waals surface area contributed by atoms with Crippen LogP contribution in [-0.4, -0.2) is 25.0 Å². The van der Waals surface area contributed by atoms with E-state index < -0.39 is 6.04 Å². The monoisotopic (exact) mass is 366 g/mol. The van der Waals surface area contributed by atoms with Crippen molar-refractivity contribution in [3.05, 3.63) is 59.2 Å². The van der Waals surface area contributed by atoms with Crippen LogP contribution in [0.3, 0.4) is 0 Å². The summed E-state index contributed by atoms with van der Waals surface area (Å²) in [6, 6.07) is 13.2. The molecule has 0 radical (unpaired) electrons. The largest absolute Gasteiger partial charge is 0.491 e. The number of anilines is 1. The fourth-order valence-corrected chi connectivity index (χ4v) is 3.45. The lowest BCUT2D eigenvalue weighted by atomic mass is 10.0. The SMILES string of the molecule is CC(=O)NC1C(=O)N(CCOc2cc(C)ccc2C(C)C)c2ccccc21. The van der Waals surface area contributed by atoms with Crippen molar-refractivity contribution in [2.24, 2.45) is 0 Å². The first-order chi connectivity index (χ1) is 12.9. The number of carbonyl (C=O) groups excluding carboxylic acids is 2. The van der Waals surface area contributed by atoms with Gasteiger partial charge in [0.2, 0.25) is 5.91 Å². The molecule has 1 aliphatic heterocycles. The minimum atomic E-state index is -0.621. The van der Waals surface area contributed by atoms with Crippen molar-refractivity contribution in [3.8, 4) is 5.75 Å². The number of nitrogens with one attached hydrogen (secondary N) is 1. The van der Waals surface area contributed by atoms with Gasteiger partial charge in [0.05, 0.1) is 6.54 Å². The van der Waals surface area contributed by atoms with Crippen LogP contribution in [0.1, 0.15) is 49.4 Å². The molecule has 5 heteroatoms. The van der Waals surface area contributed by atoms with Crippen LogP contribution in [0, 0.1) is 6.92 Å². The second kappa shape index (κ2) is 7.82. The maximum Gasteiger partial charge on any atom is 0.254 e. The Kier molecular flexibility index (Phi) is 5.49. The molecule has 0 fully saturated rings. The minimum absolute atomic E-state index is 0.122. The molecular formula is C22H26N2O3. The van der Waals surface area contributed by atoms with Gasteiger partial charge >= 0.3 is 0 Å². The van der Waals surface area contributed by atoms with E-state index in [0.29, 0.717) is 19.1 Å². The number of carbonyl (C=O) groups is 2. The van der Waals surface area contributed by atoms with Crippen LogP contribution in [0.15, 0.2) is 42.5 Å². The zero-order valence-corrected chi connectivity index (χ0v) is 16.3. The van der Waals surface area contributed by atoms with Gasteiger partial charge in [-0.15, -0.1) is 0 Å². The molecule has 5 nitrogen and oxygen atoms in total. The fraction of sp³-hybridized carbons (Fsp3) is 0.364. The molecule has 1 atom stereocenters. The second-order valence-electron chi connectivity index (χ2n) is 7.23. The van der Waals surface area contributed by atoms with E-state index in [1.54, 1.807) is 4.90 Å². The van der Waals surface area contributed by atoms with Crippen LogP contribution in [0.5, 0.6) is 5.75 Å². The number of fused-ring (bicyclic) bond motifs is 1. The second-order valence-corrected chi connectivity index (χ2v) is 7.23. The lowest BCUT2D eigenvalue weighted by molar-refractivity contribution is -0.126. The maximum atomic E-state index is 12.8. The molecule has 0 saturated carbocycles. The number of rotatable bonds is 6. The summed E-state index contributed by atoms with van der Waals surface area (Å²) in [5.41, 5.74) is 3.96. The zero-order chi connectivity index (χ0) is 19.6. The van der Waals surface area contributed by atoms with Gasteiger partial charge in [0.15, 0.2) is 0 Å². The van der Waals surface area contributed by atoms with Gasteiger partial charge in [0.25, 0.3) is 5.91 Å². The molecule has 1 aliphatic rings. The van der Waals surface area contributed by atoms with Gasteiger partial charge in [-0.05, 0) is 36.1 Å². The molecule has 27 heavy (non-hydrogen) atoms. The average Bonchev–Trinajstić information content (AvgIpc) is 2.87. The Hall–Kier alpha value is -2.82. The van der Waals surface area contributed by atoms with E-state index in [4.69, 9.17) is 4.74 Å². The average molecular weight is 366 g/mol. The van der Waals surface area contributed by atoms with Crippen LogP contribution in [0.2, 0.25) is 0 Å². The summed E-state index contributed by atoms with van der Waals surface area (Å²) in [7, 11) is 0. The first-order valence-corrected chi connectivity index (χ1v) is 9.29. The van der Waals surface area contributed by atoms with Gasteiger partial charge in [-0.2, -0.15) is 0 Å². The maximum absolute atomic E-state index is 12.8. The number of para-hydroxylation sites is 1. The Morgan fingerprint density at radius 1 is 1.22 bits per heavy atom. The molecule has 142 valence electrons. The standard InChI is InChI=1S/C22H26N2O3/c1-14(2)17-10-9-15(3)13-20(17)27-12-11-24-19-8-6-5-7-18(19)21(22(24)26)23-16(4)25/h5-10,13-14,21H,11-12H2,1-4H3,(H,23,25). The first-order valence-electron chi connectivity index (χ1n) is 9.29.